The van der Waals surface area contributed by atoms with E-state index in [0.29, 0.717) is 18.4 Å². The lowest BCUT2D eigenvalue weighted by molar-refractivity contribution is -0.140. The molecule has 0 fully saturated rings. The summed E-state index contributed by atoms with van der Waals surface area (Å²) in [6, 6.07) is 3.11. The van der Waals surface area contributed by atoms with Gasteiger partial charge in [-0.25, -0.2) is 4.79 Å². The van der Waals surface area contributed by atoms with Crippen LogP contribution in [-0.4, -0.2) is 47.9 Å². The third-order valence-electron chi connectivity index (χ3n) is 6.06. The highest BCUT2D eigenvalue weighted by molar-refractivity contribution is 5.77. The van der Waals surface area contributed by atoms with Gasteiger partial charge in [-0.05, 0) is 43.4 Å². The fourth-order valence-electron chi connectivity index (χ4n) is 3.70. The number of esters is 2. The molecule has 0 aliphatic heterocycles. The van der Waals surface area contributed by atoms with Gasteiger partial charge in [0.1, 0.15) is 12.1 Å². The minimum atomic E-state index is -1.37. The number of hydrogen-bond donors (Lipinski definition) is 2. The molecule has 38 heavy (non-hydrogen) atoms. The smallest absolute Gasteiger partial charge is 0.480 e. The molecule has 0 aromatic heterocycles. The molecule has 1 rings (SSSR count). The minimum Gasteiger partial charge on any atom is -0.480 e. The lowest BCUT2D eigenvalue weighted by Crippen LogP contribution is -2.42. The van der Waals surface area contributed by atoms with Gasteiger partial charge in [0.2, 0.25) is 0 Å². The lowest BCUT2D eigenvalue weighted by atomic mass is 9.79. The molecule has 1 aromatic rings. The highest BCUT2D eigenvalue weighted by Crippen LogP contribution is 2.37. The number of nitrogens with two attached hydrogens (primary N) is 1. The highest BCUT2D eigenvalue weighted by Gasteiger charge is 2.36. The number of aliphatic carboxylic acids is 1. The molecule has 0 spiro atoms. The van der Waals surface area contributed by atoms with E-state index in [1.807, 2.05) is 27.7 Å². The standard InChI is InChI=1S/C28H43NO9/c1-7-9-11-23(30)37-21-14-13-20(15-22(21)38-24(31)12-10-8-2)25(26(29)27(32)33)18(5)19(6)36-28(34)35-16-17(3)4/h13-15,17-19,25-26H,7-12,16,29H2,1-6H3,(H,32,33)/t18?,19?,25?,26-/m0/s1. The Balaban J connectivity index is 3.34. The first kappa shape index (κ1) is 32.9. The maximum Gasteiger partial charge on any atom is 0.508 e. The third kappa shape index (κ3) is 11.1. The largest absolute Gasteiger partial charge is 0.508 e. The summed E-state index contributed by atoms with van der Waals surface area (Å²) in [5.41, 5.74) is 6.51. The number of hydrogen-bond acceptors (Lipinski definition) is 9. The Morgan fingerprint density at radius 1 is 0.895 bits per heavy atom. The van der Waals surface area contributed by atoms with Crippen molar-refractivity contribution in [3.63, 3.8) is 0 Å². The Kier molecular flexibility index (Phi) is 14.4. The summed E-state index contributed by atoms with van der Waals surface area (Å²) in [4.78, 5) is 48.7. The van der Waals surface area contributed by atoms with Gasteiger partial charge < -0.3 is 29.8 Å². The van der Waals surface area contributed by atoms with E-state index >= 15 is 0 Å². The van der Waals surface area contributed by atoms with Gasteiger partial charge in [-0.15, -0.1) is 0 Å². The van der Waals surface area contributed by atoms with Gasteiger partial charge in [0, 0.05) is 24.7 Å². The second-order valence-electron chi connectivity index (χ2n) is 9.89. The average Bonchev–Trinajstić information content (AvgIpc) is 2.86. The fraction of sp³-hybridized carbons (Fsp3) is 0.643. The first-order valence-corrected chi connectivity index (χ1v) is 13.3. The summed E-state index contributed by atoms with van der Waals surface area (Å²) < 4.78 is 21.4. The molecule has 0 radical (unpaired) electrons. The summed E-state index contributed by atoms with van der Waals surface area (Å²) in [6.45, 7) is 11.2. The normalized spacial score (nSPS) is 14.2. The number of carboxylic acid groups (broad SMARTS) is 1. The van der Waals surface area contributed by atoms with Gasteiger partial charge in [-0.1, -0.05) is 53.5 Å². The Morgan fingerprint density at radius 2 is 1.45 bits per heavy atom. The Bertz CT molecular complexity index is 931. The summed E-state index contributed by atoms with van der Waals surface area (Å²) in [5, 5.41) is 9.73. The molecule has 3 N–H and O–H groups in total. The number of ether oxygens (including phenoxy) is 4. The van der Waals surface area contributed by atoms with Crippen molar-refractivity contribution < 1.29 is 43.2 Å². The number of unbranched alkanes of at least 4 members (excludes halogenated alkanes) is 2. The number of carboxylic acids is 1. The molecule has 0 saturated carbocycles. The van der Waals surface area contributed by atoms with Gasteiger partial charge in [-0.2, -0.15) is 0 Å². The molecule has 1 aromatic carbocycles. The third-order valence-corrected chi connectivity index (χ3v) is 6.06. The second kappa shape index (κ2) is 16.7. The monoisotopic (exact) mass is 537 g/mol. The molecule has 4 atom stereocenters. The number of carbonyl (C=O) groups excluding carboxylic acids is 3. The number of rotatable bonds is 16. The van der Waals surface area contributed by atoms with Crippen molar-refractivity contribution in [2.75, 3.05) is 6.61 Å². The number of benzene rings is 1. The Morgan fingerprint density at radius 3 is 1.95 bits per heavy atom. The van der Waals surface area contributed by atoms with Crippen LogP contribution in [-0.2, 0) is 23.9 Å². The van der Waals surface area contributed by atoms with Crippen LogP contribution in [0.25, 0.3) is 0 Å². The van der Waals surface area contributed by atoms with Crippen molar-refractivity contribution in [1.82, 2.24) is 0 Å². The number of carbonyl (C=O) groups is 4. The van der Waals surface area contributed by atoms with Crippen LogP contribution < -0.4 is 15.2 Å². The van der Waals surface area contributed by atoms with Gasteiger partial charge >= 0.3 is 24.1 Å². The van der Waals surface area contributed by atoms with Crippen LogP contribution in [0, 0.1) is 11.8 Å². The van der Waals surface area contributed by atoms with Crippen molar-refractivity contribution in [2.45, 2.75) is 98.1 Å². The van der Waals surface area contributed by atoms with Crippen LogP contribution in [0.3, 0.4) is 0 Å². The summed E-state index contributed by atoms with van der Waals surface area (Å²) in [6.07, 6.45) is 1.62. The quantitative estimate of drug-likeness (QED) is 0.212. The molecule has 0 amide bonds. The van der Waals surface area contributed by atoms with E-state index in [-0.39, 0.29) is 36.9 Å². The topological polar surface area (TPSA) is 151 Å². The summed E-state index contributed by atoms with van der Waals surface area (Å²) in [7, 11) is 0. The van der Waals surface area contributed by atoms with E-state index < -0.39 is 48.0 Å². The fourth-order valence-corrected chi connectivity index (χ4v) is 3.70. The average molecular weight is 538 g/mol. The zero-order chi connectivity index (χ0) is 28.8. The molecular formula is C28H43NO9. The van der Waals surface area contributed by atoms with Crippen molar-refractivity contribution in [2.24, 2.45) is 17.6 Å². The van der Waals surface area contributed by atoms with E-state index in [4.69, 9.17) is 24.7 Å². The van der Waals surface area contributed by atoms with Crippen molar-refractivity contribution in [3.05, 3.63) is 23.8 Å². The SMILES string of the molecule is CCCCC(=O)Oc1ccc(C(C(C)C(C)OC(=O)OCC(C)C)[C@H](N)C(=O)O)cc1OC(=O)CCCC. The van der Waals surface area contributed by atoms with E-state index in [1.165, 1.54) is 12.1 Å². The van der Waals surface area contributed by atoms with E-state index in [2.05, 4.69) is 0 Å². The predicted octanol–water partition coefficient (Wildman–Crippen LogP) is 5.21. The van der Waals surface area contributed by atoms with Crippen molar-refractivity contribution in [3.8, 4) is 11.5 Å². The molecule has 3 unspecified atom stereocenters. The first-order chi connectivity index (χ1) is 17.9. The van der Waals surface area contributed by atoms with E-state index in [0.717, 1.165) is 12.8 Å². The highest BCUT2D eigenvalue weighted by atomic mass is 16.7. The molecular weight excluding hydrogens is 494 g/mol. The molecule has 214 valence electrons. The molecule has 0 aliphatic rings. The van der Waals surface area contributed by atoms with Crippen LogP contribution in [0.15, 0.2) is 18.2 Å². The second-order valence-corrected chi connectivity index (χ2v) is 9.89. The molecule has 0 bridgehead atoms. The maximum atomic E-state index is 12.4. The molecule has 10 nitrogen and oxygen atoms in total. The summed E-state index contributed by atoms with van der Waals surface area (Å²) in [5.74, 6) is -3.49. The first-order valence-electron chi connectivity index (χ1n) is 13.3. The maximum absolute atomic E-state index is 12.4. The predicted molar refractivity (Wildman–Crippen MR) is 141 cm³/mol. The van der Waals surface area contributed by atoms with Crippen molar-refractivity contribution >= 4 is 24.1 Å². The van der Waals surface area contributed by atoms with Crippen LogP contribution in [0.2, 0.25) is 0 Å². The van der Waals surface area contributed by atoms with Crippen LogP contribution in [0.1, 0.15) is 91.5 Å². The minimum absolute atomic E-state index is 0.00634. The van der Waals surface area contributed by atoms with E-state index in [9.17, 15) is 24.3 Å². The zero-order valence-electron chi connectivity index (χ0n) is 23.4. The Hall–Kier alpha value is -3.14. The van der Waals surface area contributed by atoms with Gasteiger partial charge in [0.15, 0.2) is 11.5 Å². The van der Waals surface area contributed by atoms with Crippen molar-refractivity contribution in [1.29, 1.82) is 0 Å². The van der Waals surface area contributed by atoms with Gasteiger partial charge in [0.05, 0.1) is 6.61 Å². The van der Waals surface area contributed by atoms with Gasteiger partial charge in [0.25, 0.3) is 0 Å². The van der Waals surface area contributed by atoms with Crippen LogP contribution in [0.5, 0.6) is 11.5 Å². The molecule has 0 saturated heterocycles. The van der Waals surface area contributed by atoms with Gasteiger partial charge in [-0.3, -0.25) is 14.4 Å². The Labute approximate surface area is 225 Å². The van der Waals surface area contributed by atoms with Crippen LogP contribution in [0.4, 0.5) is 4.79 Å². The molecule has 10 heteroatoms. The molecule has 0 heterocycles. The molecule has 0 aliphatic carbocycles. The lowest BCUT2D eigenvalue weighted by Gasteiger charge is -2.31. The summed E-state index contributed by atoms with van der Waals surface area (Å²) >= 11 is 0. The zero-order valence-corrected chi connectivity index (χ0v) is 23.4. The van der Waals surface area contributed by atoms with E-state index in [1.54, 1.807) is 19.9 Å². The van der Waals surface area contributed by atoms with Crippen LogP contribution >= 0.6 is 0 Å².